The normalized spacial score (nSPS) is 21.1. The van der Waals surface area contributed by atoms with E-state index in [2.05, 4.69) is 42.7 Å². The summed E-state index contributed by atoms with van der Waals surface area (Å²) in [6.45, 7) is 8.57. The van der Waals surface area contributed by atoms with Crippen molar-refractivity contribution in [3.05, 3.63) is 34.9 Å². The van der Waals surface area contributed by atoms with E-state index >= 15 is 0 Å². The first-order chi connectivity index (χ1) is 10.4. The van der Waals surface area contributed by atoms with Gasteiger partial charge in [0.05, 0.1) is 6.04 Å². The van der Waals surface area contributed by atoms with Gasteiger partial charge in [-0.05, 0) is 44.2 Å². The highest BCUT2D eigenvalue weighted by atomic mass is 16.2. The van der Waals surface area contributed by atoms with E-state index in [4.69, 9.17) is 0 Å². The Bertz CT molecular complexity index is 568. The molecule has 4 heteroatoms. The molecule has 22 heavy (non-hydrogen) atoms. The van der Waals surface area contributed by atoms with Gasteiger partial charge >= 0.3 is 0 Å². The van der Waals surface area contributed by atoms with Crippen LogP contribution >= 0.6 is 0 Å². The van der Waals surface area contributed by atoms with Crippen LogP contribution in [0.3, 0.4) is 0 Å². The first-order valence-corrected chi connectivity index (χ1v) is 8.02. The molecule has 2 N–H and O–H groups in total. The van der Waals surface area contributed by atoms with E-state index in [1.807, 2.05) is 13.8 Å². The van der Waals surface area contributed by atoms with Crippen LogP contribution in [0.4, 0.5) is 0 Å². The summed E-state index contributed by atoms with van der Waals surface area (Å²) in [5, 5.41) is 5.84. The van der Waals surface area contributed by atoms with Crippen LogP contribution in [0.15, 0.2) is 18.2 Å². The summed E-state index contributed by atoms with van der Waals surface area (Å²) < 4.78 is 0. The molecule has 1 aromatic rings. The van der Waals surface area contributed by atoms with Gasteiger partial charge in [0, 0.05) is 18.9 Å². The predicted molar refractivity (Wildman–Crippen MR) is 87.4 cm³/mol. The third-order valence-corrected chi connectivity index (χ3v) is 4.38. The van der Waals surface area contributed by atoms with E-state index in [9.17, 15) is 9.59 Å². The molecule has 2 rings (SSSR count). The Hall–Kier alpha value is -1.84. The Morgan fingerprint density at radius 2 is 2.00 bits per heavy atom. The van der Waals surface area contributed by atoms with E-state index in [0.29, 0.717) is 18.9 Å². The molecule has 1 aliphatic rings. The third kappa shape index (κ3) is 4.33. The largest absolute Gasteiger partial charge is 0.355 e. The van der Waals surface area contributed by atoms with Crippen LogP contribution in [0.5, 0.6) is 0 Å². The zero-order valence-corrected chi connectivity index (χ0v) is 13.9. The van der Waals surface area contributed by atoms with Gasteiger partial charge in [-0.1, -0.05) is 30.7 Å². The molecule has 3 unspecified atom stereocenters. The minimum Gasteiger partial charge on any atom is -0.355 e. The van der Waals surface area contributed by atoms with E-state index in [-0.39, 0.29) is 23.8 Å². The lowest BCUT2D eigenvalue weighted by molar-refractivity contribution is -0.123. The second-order valence-electron chi connectivity index (χ2n) is 6.51. The van der Waals surface area contributed by atoms with Gasteiger partial charge in [0.25, 0.3) is 0 Å². The molecule has 0 saturated heterocycles. The monoisotopic (exact) mass is 302 g/mol. The Morgan fingerprint density at radius 1 is 1.32 bits per heavy atom. The van der Waals surface area contributed by atoms with Crippen molar-refractivity contribution in [1.29, 1.82) is 0 Å². The van der Waals surface area contributed by atoms with E-state index in [1.54, 1.807) is 0 Å². The summed E-state index contributed by atoms with van der Waals surface area (Å²) in [6, 6.07) is 6.23. The van der Waals surface area contributed by atoms with Crippen molar-refractivity contribution in [3.63, 3.8) is 0 Å². The smallest absolute Gasteiger partial charge is 0.223 e. The lowest BCUT2D eigenvalue weighted by atomic mass is 10.00. The molecular formula is C18H26N2O2. The van der Waals surface area contributed by atoms with Crippen LogP contribution < -0.4 is 10.6 Å². The van der Waals surface area contributed by atoms with Crippen molar-refractivity contribution in [1.82, 2.24) is 10.6 Å². The summed E-state index contributed by atoms with van der Waals surface area (Å²) >= 11 is 0. The molecule has 0 spiro atoms. The molecular weight excluding hydrogens is 276 g/mol. The van der Waals surface area contributed by atoms with Gasteiger partial charge in [0.15, 0.2) is 0 Å². The van der Waals surface area contributed by atoms with E-state index < -0.39 is 0 Å². The van der Waals surface area contributed by atoms with Crippen molar-refractivity contribution in [2.24, 2.45) is 11.8 Å². The maximum Gasteiger partial charge on any atom is 0.223 e. The van der Waals surface area contributed by atoms with Gasteiger partial charge in [0.1, 0.15) is 0 Å². The van der Waals surface area contributed by atoms with Crippen molar-refractivity contribution in [2.45, 2.75) is 46.6 Å². The van der Waals surface area contributed by atoms with Crippen molar-refractivity contribution >= 4 is 11.8 Å². The van der Waals surface area contributed by atoms with Crippen LogP contribution in [0.25, 0.3) is 0 Å². The molecule has 1 aromatic carbocycles. The molecule has 1 aliphatic carbocycles. The van der Waals surface area contributed by atoms with E-state index in [0.717, 1.165) is 12.0 Å². The highest BCUT2D eigenvalue weighted by Gasteiger charge is 2.38. The van der Waals surface area contributed by atoms with Crippen LogP contribution in [-0.4, -0.2) is 18.4 Å². The number of benzene rings is 1. The van der Waals surface area contributed by atoms with Crippen molar-refractivity contribution in [2.75, 3.05) is 6.54 Å². The molecule has 0 bridgehead atoms. The molecule has 2 amide bonds. The van der Waals surface area contributed by atoms with Gasteiger partial charge in [-0.2, -0.15) is 0 Å². The van der Waals surface area contributed by atoms with Gasteiger partial charge in [0.2, 0.25) is 11.8 Å². The SMILES string of the molecule is Cc1ccc(C)c(C(C)NC(=O)CCNC(=O)C2CC2C)c1. The van der Waals surface area contributed by atoms with Crippen molar-refractivity contribution in [3.8, 4) is 0 Å². The minimum atomic E-state index is -0.0300. The zero-order valence-electron chi connectivity index (χ0n) is 13.9. The molecule has 1 saturated carbocycles. The van der Waals surface area contributed by atoms with Crippen LogP contribution in [0, 0.1) is 25.7 Å². The second-order valence-corrected chi connectivity index (χ2v) is 6.51. The molecule has 0 aliphatic heterocycles. The number of hydrogen-bond donors (Lipinski definition) is 2. The molecule has 1 fully saturated rings. The number of rotatable bonds is 6. The van der Waals surface area contributed by atoms with E-state index in [1.165, 1.54) is 11.1 Å². The summed E-state index contributed by atoms with van der Waals surface area (Å²) in [5.74, 6) is 0.718. The fourth-order valence-corrected chi connectivity index (χ4v) is 2.74. The average Bonchev–Trinajstić information content (AvgIpc) is 3.18. The quantitative estimate of drug-likeness (QED) is 0.848. The van der Waals surface area contributed by atoms with Gasteiger partial charge in [-0.15, -0.1) is 0 Å². The molecule has 3 atom stereocenters. The number of carbonyl (C=O) groups is 2. The summed E-state index contributed by atoms with van der Waals surface area (Å²) in [5.41, 5.74) is 3.51. The lowest BCUT2D eigenvalue weighted by Crippen LogP contribution is -2.33. The molecule has 0 aromatic heterocycles. The Kier molecular flexibility index (Phi) is 5.22. The molecule has 0 radical (unpaired) electrons. The third-order valence-electron chi connectivity index (χ3n) is 4.38. The van der Waals surface area contributed by atoms with Gasteiger partial charge in [-0.25, -0.2) is 0 Å². The second kappa shape index (κ2) is 6.95. The first-order valence-electron chi connectivity index (χ1n) is 8.02. The topological polar surface area (TPSA) is 58.2 Å². The summed E-state index contributed by atoms with van der Waals surface area (Å²) in [7, 11) is 0. The summed E-state index contributed by atoms with van der Waals surface area (Å²) in [6.07, 6.45) is 1.30. The fourth-order valence-electron chi connectivity index (χ4n) is 2.74. The minimum absolute atomic E-state index is 0.0217. The van der Waals surface area contributed by atoms with Crippen LogP contribution in [0.1, 0.15) is 49.4 Å². The average molecular weight is 302 g/mol. The first kappa shape index (κ1) is 16.5. The summed E-state index contributed by atoms with van der Waals surface area (Å²) in [4.78, 5) is 23.7. The van der Waals surface area contributed by atoms with Gasteiger partial charge in [-0.3, -0.25) is 9.59 Å². The lowest BCUT2D eigenvalue weighted by Gasteiger charge is -2.17. The number of carbonyl (C=O) groups excluding carboxylic acids is 2. The Morgan fingerprint density at radius 3 is 2.64 bits per heavy atom. The van der Waals surface area contributed by atoms with Crippen LogP contribution in [-0.2, 0) is 9.59 Å². The predicted octanol–water partition coefficient (Wildman–Crippen LogP) is 2.64. The molecule has 0 heterocycles. The maximum absolute atomic E-state index is 12.0. The van der Waals surface area contributed by atoms with Gasteiger partial charge < -0.3 is 10.6 Å². The van der Waals surface area contributed by atoms with Crippen molar-refractivity contribution < 1.29 is 9.59 Å². The molecule has 4 nitrogen and oxygen atoms in total. The zero-order chi connectivity index (χ0) is 16.3. The fraction of sp³-hybridized carbons (Fsp3) is 0.556. The number of amides is 2. The highest BCUT2D eigenvalue weighted by Crippen LogP contribution is 2.37. The van der Waals surface area contributed by atoms with Crippen LogP contribution in [0.2, 0.25) is 0 Å². The highest BCUT2D eigenvalue weighted by molar-refractivity contribution is 5.82. The number of aryl methyl sites for hydroxylation is 2. The molecule has 120 valence electrons. The number of hydrogen-bond acceptors (Lipinski definition) is 2. The number of nitrogens with one attached hydrogen (secondary N) is 2. The Balaban J connectivity index is 1.76. The maximum atomic E-state index is 12.0. The standard InChI is InChI=1S/C18H26N2O2/c1-11-5-6-12(2)15(9-11)14(4)20-17(21)7-8-19-18(22)16-10-13(16)3/h5-6,9,13-14,16H,7-8,10H2,1-4H3,(H,19,22)(H,20,21). The Labute approximate surface area is 132 Å².